The predicted octanol–water partition coefficient (Wildman–Crippen LogP) is 7.37. The number of alkyl halides is 17. The number of esters is 1. The van der Waals surface area contributed by atoms with Crippen LogP contribution in [0.15, 0.2) is 0 Å². The number of hydrogen-bond donors (Lipinski definition) is 1. The van der Waals surface area contributed by atoms with E-state index in [0.29, 0.717) is 7.11 Å². The number of carbonyl (C=O) groups excluding carboxylic acids is 2. The SMILES string of the molecule is COC(=O)c1c(NC(=O)C(F)(F)C(F)(F)C(F)(F)C(F)(F)C(F)(F)C(F)(F)C(F)(F)C(F)(F)Cl)sc(C)c1C. The monoisotopic (exact) mass is 647 g/mol. The Morgan fingerprint density at radius 2 is 1.05 bits per heavy atom. The van der Waals surface area contributed by atoms with Gasteiger partial charge in [0.25, 0.3) is 0 Å². The first kappa shape index (κ1) is 34.8. The molecule has 1 amide bonds. The quantitative estimate of drug-likeness (QED) is 0.164. The summed E-state index contributed by atoms with van der Waals surface area (Å²) in [6, 6.07) is 0. The lowest BCUT2D eigenvalue weighted by Crippen LogP contribution is -2.75. The molecule has 1 N–H and O–H groups in total. The number of thiophene rings is 1. The number of halogens is 17. The van der Waals surface area contributed by atoms with Crippen LogP contribution >= 0.6 is 22.9 Å². The number of nitrogens with one attached hydrogen (secondary N) is 1. The van der Waals surface area contributed by atoms with E-state index in [-0.39, 0.29) is 21.8 Å². The maximum atomic E-state index is 14.1. The lowest BCUT2D eigenvalue weighted by atomic mass is 9.89. The second-order valence-corrected chi connectivity index (χ2v) is 9.15. The first-order valence-electron chi connectivity index (χ1n) is 9.14. The molecule has 0 aliphatic rings. The van der Waals surface area contributed by atoms with Gasteiger partial charge in [0.2, 0.25) is 0 Å². The summed E-state index contributed by atoms with van der Waals surface area (Å²) in [4.78, 5) is 23.5. The molecule has 1 aromatic rings. The largest absolute Gasteiger partial charge is 0.465 e. The van der Waals surface area contributed by atoms with Crippen LogP contribution < -0.4 is 5.32 Å². The minimum atomic E-state index is -8.70. The van der Waals surface area contributed by atoms with Crippen LogP contribution in [0.5, 0.6) is 0 Å². The first-order valence-corrected chi connectivity index (χ1v) is 10.3. The number of amides is 1. The van der Waals surface area contributed by atoms with Gasteiger partial charge in [0.1, 0.15) is 5.00 Å². The number of rotatable bonds is 10. The van der Waals surface area contributed by atoms with Crippen molar-refractivity contribution in [3.05, 3.63) is 16.0 Å². The second kappa shape index (κ2) is 9.72. The molecule has 1 rings (SSSR count). The molecule has 1 aromatic heterocycles. The fourth-order valence-corrected chi connectivity index (χ4v) is 3.71. The Hall–Kier alpha value is -2.19. The van der Waals surface area contributed by atoms with Crippen LogP contribution in [-0.4, -0.2) is 65.8 Å². The van der Waals surface area contributed by atoms with Crippen LogP contribution in [0, 0.1) is 13.8 Å². The molecule has 0 aliphatic carbocycles. The number of anilines is 1. The van der Waals surface area contributed by atoms with Crippen molar-refractivity contribution in [2.45, 2.75) is 60.7 Å². The van der Waals surface area contributed by atoms with Crippen LogP contribution in [0.1, 0.15) is 20.8 Å². The van der Waals surface area contributed by atoms with Crippen molar-refractivity contribution < 1.29 is 84.6 Å². The smallest absolute Gasteiger partial charge is 0.393 e. The zero-order valence-corrected chi connectivity index (χ0v) is 20.1. The number of aryl methyl sites for hydroxylation is 1. The third kappa shape index (κ3) is 4.75. The maximum Gasteiger partial charge on any atom is 0.393 e. The van der Waals surface area contributed by atoms with Crippen LogP contribution in [0.3, 0.4) is 0 Å². The van der Waals surface area contributed by atoms with Crippen molar-refractivity contribution in [2.75, 3.05) is 12.4 Å². The standard InChI is InChI=1S/C17H10ClF16NO3S/c1-4-5(2)39-7(6(4)8(36)38-3)35-9(37)10(19,20)11(21,22)12(23,24)13(25,26)14(27,28)15(29,30)16(31,32)17(18,33)34/h1-3H3,(H,35,37). The van der Waals surface area contributed by atoms with E-state index >= 15 is 0 Å². The number of methoxy groups -OCH3 is 1. The molecular formula is C17H10ClF16NO3S. The van der Waals surface area contributed by atoms with Crippen molar-refractivity contribution in [3.8, 4) is 0 Å². The lowest BCUT2D eigenvalue weighted by Gasteiger charge is -2.42. The third-order valence-corrected chi connectivity index (χ3v) is 6.37. The highest BCUT2D eigenvalue weighted by atomic mass is 35.5. The fraction of sp³-hybridized carbons (Fsp3) is 0.647. The van der Waals surface area contributed by atoms with E-state index in [4.69, 9.17) is 0 Å². The van der Waals surface area contributed by atoms with E-state index in [1.165, 1.54) is 0 Å². The topological polar surface area (TPSA) is 55.4 Å². The maximum absolute atomic E-state index is 14.1. The summed E-state index contributed by atoms with van der Waals surface area (Å²) in [5.41, 5.74) is -1.02. The molecule has 0 saturated heterocycles. The molecule has 226 valence electrons. The van der Waals surface area contributed by atoms with E-state index < -0.39 is 69.3 Å². The lowest BCUT2D eigenvalue weighted by molar-refractivity contribution is -0.445. The van der Waals surface area contributed by atoms with Crippen molar-refractivity contribution in [1.29, 1.82) is 0 Å². The fourth-order valence-electron chi connectivity index (χ4n) is 2.55. The summed E-state index contributed by atoms with van der Waals surface area (Å²) in [6.45, 7) is 2.20. The Morgan fingerprint density at radius 1 is 0.692 bits per heavy atom. The third-order valence-electron chi connectivity index (χ3n) is 5.01. The zero-order chi connectivity index (χ0) is 31.6. The summed E-state index contributed by atoms with van der Waals surface area (Å²) < 4.78 is 221. The van der Waals surface area contributed by atoms with Gasteiger partial charge in [-0.1, -0.05) is 0 Å². The van der Waals surface area contributed by atoms with Gasteiger partial charge in [0.05, 0.1) is 12.7 Å². The minimum absolute atomic E-state index is 0.0310. The molecular weight excluding hydrogens is 638 g/mol. The molecule has 0 radical (unpaired) electrons. The molecule has 39 heavy (non-hydrogen) atoms. The van der Waals surface area contributed by atoms with Gasteiger partial charge in [-0.15, -0.1) is 11.3 Å². The normalized spacial score (nSPS) is 14.9. The highest BCUT2D eigenvalue weighted by Gasteiger charge is 2.95. The molecule has 0 unspecified atom stereocenters. The van der Waals surface area contributed by atoms with Gasteiger partial charge in [0.15, 0.2) is 0 Å². The van der Waals surface area contributed by atoms with E-state index in [0.717, 1.165) is 19.2 Å². The molecule has 0 aromatic carbocycles. The zero-order valence-electron chi connectivity index (χ0n) is 18.6. The summed E-state index contributed by atoms with van der Waals surface area (Å²) in [7, 11) is 0.686. The molecule has 4 nitrogen and oxygen atoms in total. The van der Waals surface area contributed by atoms with Crippen LogP contribution in [0.2, 0.25) is 0 Å². The Kier molecular flexibility index (Phi) is 8.68. The van der Waals surface area contributed by atoms with Gasteiger partial charge >= 0.3 is 58.7 Å². The van der Waals surface area contributed by atoms with Crippen molar-refractivity contribution in [3.63, 3.8) is 0 Å². The Balaban J connectivity index is 3.66. The van der Waals surface area contributed by atoms with E-state index in [9.17, 15) is 79.8 Å². The first-order chi connectivity index (χ1) is 16.9. The van der Waals surface area contributed by atoms with Crippen LogP contribution in [0.4, 0.5) is 75.2 Å². The summed E-state index contributed by atoms with van der Waals surface area (Å²) in [6.07, 6.45) is 0. The average molecular weight is 648 g/mol. The van der Waals surface area contributed by atoms with Crippen molar-refractivity contribution in [1.82, 2.24) is 0 Å². The van der Waals surface area contributed by atoms with Crippen molar-refractivity contribution >= 4 is 39.8 Å². The van der Waals surface area contributed by atoms with E-state index in [1.807, 2.05) is 0 Å². The van der Waals surface area contributed by atoms with Gasteiger partial charge in [-0.2, -0.15) is 70.2 Å². The number of ether oxygens (including phenoxy) is 1. The van der Waals surface area contributed by atoms with Gasteiger partial charge in [-0.25, -0.2) is 4.79 Å². The summed E-state index contributed by atoms with van der Waals surface area (Å²) in [5.74, 6) is -62.7. The minimum Gasteiger partial charge on any atom is -0.465 e. The molecule has 22 heteroatoms. The molecule has 0 fully saturated rings. The van der Waals surface area contributed by atoms with Gasteiger partial charge in [-0.3, -0.25) is 4.79 Å². The molecule has 0 spiro atoms. The van der Waals surface area contributed by atoms with Gasteiger partial charge in [0, 0.05) is 4.88 Å². The molecule has 0 aliphatic heterocycles. The number of carbonyl (C=O) groups is 2. The number of hydrogen-bond acceptors (Lipinski definition) is 4. The van der Waals surface area contributed by atoms with E-state index in [2.05, 4.69) is 16.3 Å². The summed E-state index contributed by atoms with van der Waals surface area (Å²) >= 11 is 3.57. The molecule has 1 heterocycles. The highest BCUT2D eigenvalue weighted by molar-refractivity contribution is 7.16. The van der Waals surface area contributed by atoms with Crippen LogP contribution in [0.25, 0.3) is 0 Å². The van der Waals surface area contributed by atoms with Crippen molar-refractivity contribution in [2.24, 2.45) is 0 Å². The molecule has 0 saturated carbocycles. The highest BCUT2D eigenvalue weighted by Crippen LogP contribution is 2.64. The Morgan fingerprint density at radius 3 is 1.41 bits per heavy atom. The Bertz CT molecular complexity index is 1130. The average Bonchev–Trinajstić information content (AvgIpc) is 3.04. The molecule has 0 bridgehead atoms. The summed E-state index contributed by atoms with van der Waals surface area (Å²) in [5, 5.41) is -7.27. The Labute approximate surface area is 214 Å². The van der Waals surface area contributed by atoms with Gasteiger partial charge < -0.3 is 10.1 Å². The van der Waals surface area contributed by atoms with Crippen LogP contribution in [-0.2, 0) is 9.53 Å². The van der Waals surface area contributed by atoms with E-state index in [1.54, 1.807) is 0 Å². The van der Waals surface area contributed by atoms with Gasteiger partial charge in [-0.05, 0) is 31.0 Å². The predicted molar refractivity (Wildman–Crippen MR) is 99.2 cm³/mol. The molecule has 0 atom stereocenters. The second-order valence-electron chi connectivity index (χ2n) is 7.45.